The number of nitrogens with one attached hydrogen (secondary N) is 1. The molecule has 2 aromatic heterocycles. The van der Waals surface area contributed by atoms with Crippen LogP contribution in [0.25, 0.3) is 0 Å². The topological polar surface area (TPSA) is 72.5 Å². The Morgan fingerprint density at radius 1 is 1.31 bits per heavy atom. The third-order valence-corrected chi connectivity index (χ3v) is 5.39. The van der Waals surface area contributed by atoms with Gasteiger partial charge < -0.3 is 19.5 Å². The fourth-order valence-corrected chi connectivity index (χ4v) is 3.94. The van der Waals surface area contributed by atoms with Crippen LogP contribution in [-0.4, -0.2) is 63.0 Å². The molecule has 0 bridgehead atoms. The van der Waals surface area contributed by atoms with Crippen molar-refractivity contribution < 1.29 is 4.74 Å². The van der Waals surface area contributed by atoms with Crippen LogP contribution in [0.5, 0.6) is 0 Å². The molecule has 1 unspecified atom stereocenters. The smallest absolute Gasteiger partial charge is 0.194 e. The lowest BCUT2D eigenvalue weighted by Crippen LogP contribution is -2.48. The number of rotatable bonds is 5. The Kier molecular flexibility index (Phi) is 7.93. The molecule has 29 heavy (non-hydrogen) atoms. The molecule has 0 aliphatic carbocycles. The van der Waals surface area contributed by atoms with Gasteiger partial charge in [0.1, 0.15) is 11.9 Å². The zero-order chi connectivity index (χ0) is 19.3. The first kappa shape index (κ1) is 22.1. The second-order valence-electron chi connectivity index (χ2n) is 7.54. The van der Waals surface area contributed by atoms with Crippen molar-refractivity contribution in [2.24, 2.45) is 12.0 Å². The van der Waals surface area contributed by atoms with Crippen molar-refractivity contribution in [1.29, 1.82) is 0 Å². The summed E-state index contributed by atoms with van der Waals surface area (Å²) in [7, 11) is 1.93. The molecular weight excluding hydrogens is 481 g/mol. The number of aryl methyl sites for hydroxylation is 3. The van der Waals surface area contributed by atoms with Crippen LogP contribution in [0, 0.1) is 0 Å². The molecule has 8 nitrogen and oxygen atoms in total. The van der Waals surface area contributed by atoms with Gasteiger partial charge in [0.15, 0.2) is 5.96 Å². The molecule has 0 radical (unpaired) electrons. The first-order chi connectivity index (χ1) is 13.7. The van der Waals surface area contributed by atoms with Crippen LogP contribution in [0.3, 0.4) is 0 Å². The van der Waals surface area contributed by atoms with Gasteiger partial charge in [0.25, 0.3) is 0 Å². The molecule has 9 heteroatoms. The average molecular weight is 513 g/mol. The number of imidazole rings is 1. The van der Waals surface area contributed by atoms with Crippen molar-refractivity contribution in [3.05, 3.63) is 35.7 Å². The van der Waals surface area contributed by atoms with E-state index in [1.807, 2.05) is 24.1 Å². The zero-order valence-electron chi connectivity index (χ0n) is 17.4. The van der Waals surface area contributed by atoms with E-state index in [4.69, 9.17) is 14.7 Å². The van der Waals surface area contributed by atoms with Crippen molar-refractivity contribution >= 4 is 29.9 Å². The maximum atomic E-state index is 5.97. The lowest BCUT2D eigenvalue weighted by molar-refractivity contribution is -0.00803. The predicted octanol–water partition coefficient (Wildman–Crippen LogP) is 2.15. The van der Waals surface area contributed by atoms with Crippen molar-refractivity contribution in [2.45, 2.75) is 45.3 Å². The Bertz CT molecular complexity index is 792. The van der Waals surface area contributed by atoms with E-state index < -0.39 is 0 Å². The lowest BCUT2D eigenvalue weighted by Gasteiger charge is -2.34. The number of ether oxygens (including phenoxy) is 1. The number of halogens is 1. The fraction of sp³-hybridized carbons (Fsp3) is 0.650. The van der Waals surface area contributed by atoms with Gasteiger partial charge in [-0.25, -0.2) is 4.98 Å². The summed E-state index contributed by atoms with van der Waals surface area (Å²) in [6.45, 7) is 7.14. The molecule has 2 aliphatic rings. The van der Waals surface area contributed by atoms with Gasteiger partial charge in [0.2, 0.25) is 0 Å². The molecule has 160 valence electrons. The van der Waals surface area contributed by atoms with Gasteiger partial charge in [-0.15, -0.1) is 24.0 Å². The van der Waals surface area contributed by atoms with Crippen molar-refractivity contribution in [2.75, 3.05) is 32.8 Å². The Morgan fingerprint density at radius 2 is 2.21 bits per heavy atom. The van der Waals surface area contributed by atoms with Crippen molar-refractivity contribution in [1.82, 2.24) is 29.5 Å². The van der Waals surface area contributed by atoms with E-state index >= 15 is 0 Å². The molecule has 0 amide bonds. The van der Waals surface area contributed by atoms with Crippen LogP contribution in [0.2, 0.25) is 0 Å². The van der Waals surface area contributed by atoms with Gasteiger partial charge in [0, 0.05) is 64.0 Å². The first-order valence-corrected chi connectivity index (χ1v) is 10.4. The second-order valence-corrected chi connectivity index (χ2v) is 7.54. The Labute approximate surface area is 189 Å². The van der Waals surface area contributed by atoms with Crippen molar-refractivity contribution in [3.63, 3.8) is 0 Å². The summed E-state index contributed by atoms with van der Waals surface area (Å²) in [6.07, 6.45) is 10.7. The highest BCUT2D eigenvalue weighted by molar-refractivity contribution is 14.0. The van der Waals surface area contributed by atoms with Crippen LogP contribution in [0.1, 0.15) is 43.0 Å². The van der Waals surface area contributed by atoms with E-state index in [9.17, 15) is 0 Å². The molecule has 0 aromatic carbocycles. The van der Waals surface area contributed by atoms with Crippen LogP contribution in [-0.2, 0) is 31.2 Å². The molecule has 1 N–H and O–H groups in total. The molecule has 4 rings (SSSR count). The Morgan fingerprint density at radius 3 is 2.97 bits per heavy atom. The molecule has 1 atom stereocenters. The minimum absolute atomic E-state index is 0. The van der Waals surface area contributed by atoms with Crippen LogP contribution in [0.15, 0.2) is 23.6 Å². The molecule has 2 aliphatic heterocycles. The fourth-order valence-electron chi connectivity index (χ4n) is 3.94. The number of morpholine rings is 1. The molecule has 2 aromatic rings. The number of aromatic nitrogens is 4. The molecule has 4 heterocycles. The van der Waals surface area contributed by atoms with Crippen LogP contribution in [0.4, 0.5) is 0 Å². The lowest BCUT2D eigenvalue weighted by atomic mass is 10.1. The van der Waals surface area contributed by atoms with Gasteiger partial charge in [-0.05, 0) is 19.8 Å². The highest BCUT2D eigenvalue weighted by atomic mass is 127. The van der Waals surface area contributed by atoms with Gasteiger partial charge in [0.05, 0.1) is 25.0 Å². The quantitative estimate of drug-likeness (QED) is 0.377. The van der Waals surface area contributed by atoms with E-state index in [0.717, 1.165) is 62.8 Å². The Balaban J connectivity index is 0.00000240. The maximum Gasteiger partial charge on any atom is 0.194 e. The highest BCUT2D eigenvalue weighted by Crippen LogP contribution is 2.21. The number of guanidine groups is 1. The standard InChI is InChI=1S/C20H31N7O.HI/c1-3-21-20(22-8-7-17-14-26-9-5-4-6-19(26)24-17)27-10-11-28-18(15-27)16-12-23-25(2)13-16;/h12-14,18H,3-11,15H2,1-2H3,(H,21,22);1H. The largest absolute Gasteiger partial charge is 0.370 e. The summed E-state index contributed by atoms with van der Waals surface area (Å²) in [4.78, 5) is 12.0. The van der Waals surface area contributed by atoms with Crippen LogP contribution >= 0.6 is 24.0 Å². The van der Waals surface area contributed by atoms with E-state index in [1.54, 1.807) is 0 Å². The van der Waals surface area contributed by atoms with Crippen molar-refractivity contribution in [3.8, 4) is 0 Å². The second kappa shape index (κ2) is 10.4. The zero-order valence-corrected chi connectivity index (χ0v) is 19.7. The van der Waals surface area contributed by atoms with E-state index in [1.165, 1.54) is 18.7 Å². The third kappa shape index (κ3) is 5.50. The Hall–Kier alpha value is -1.62. The van der Waals surface area contributed by atoms with Gasteiger partial charge >= 0.3 is 0 Å². The number of fused-ring (bicyclic) bond motifs is 1. The highest BCUT2D eigenvalue weighted by Gasteiger charge is 2.25. The third-order valence-electron chi connectivity index (χ3n) is 5.39. The van der Waals surface area contributed by atoms with Gasteiger partial charge in [-0.3, -0.25) is 9.67 Å². The average Bonchev–Trinajstić information content (AvgIpc) is 3.33. The SMILES string of the molecule is CCNC(=NCCc1cn2c(n1)CCCC2)N1CCOC(c2cnn(C)c2)C1.I. The number of hydrogen-bond donors (Lipinski definition) is 1. The molecule has 1 saturated heterocycles. The monoisotopic (exact) mass is 513 g/mol. The first-order valence-electron chi connectivity index (χ1n) is 10.4. The summed E-state index contributed by atoms with van der Waals surface area (Å²) in [6, 6.07) is 0. The maximum absolute atomic E-state index is 5.97. The summed E-state index contributed by atoms with van der Waals surface area (Å²) in [5, 5.41) is 7.71. The number of aliphatic imine (C=N–C) groups is 1. The predicted molar refractivity (Wildman–Crippen MR) is 124 cm³/mol. The van der Waals surface area contributed by atoms with Gasteiger partial charge in [-0.2, -0.15) is 5.10 Å². The normalized spacial score (nSPS) is 19.6. The summed E-state index contributed by atoms with van der Waals surface area (Å²) >= 11 is 0. The molecule has 0 spiro atoms. The van der Waals surface area contributed by atoms with E-state index in [0.29, 0.717) is 6.61 Å². The summed E-state index contributed by atoms with van der Waals surface area (Å²) < 4.78 is 10.1. The molecule has 0 saturated carbocycles. The van der Waals surface area contributed by atoms with Gasteiger partial charge in [-0.1, -0.05) is 0 Å². The minimum atomic E-state index is 0. The van der Waals surface area contributed by atoms with E-state index in [2.05, 4.69) is 33.0 Å². The molecular formula is C20H32IN7O. The number of hydrogen-bond acceptors (Lipinski definition) is 4. The number of nitrogens with zero attached hydrogens (tertiary/aromatic N) is 6. The molecule has 1 fully saturated rings. The summed E-state index contributed by atoms with van der Waals surface area (Å²) in [5.74, 6) is 2.20. The van der Waals surface area contributed by atoms with E-state index in [-0.39, 0.29) is 30.1 Å². The van der Waals surface area contributed by atoms with Crippen LogP contribution < -0.4 is 5.32 Å². The summed E-state index contributed by atoms with van der Waals surface area (Å²) in [5.41, 5.74) is 2.28. The minimum Gasteiger partial charge on any atom is -0.370 e.